The first kappa shape index (κ1) is 15.3. The molecule has 0 bridgehead atoms. The lowest BCUT2D eigenvalue weighted by Crippen LogP contribution is -2.28. The molecule has 0 aliphatic carbocycles. The topological polar surface area (TPSA) is 15.3 Å². The lowest BCUT2D eigenvalue weighted by atomic mass is 9.86. The zero-order chi connectivity index (χ0) is 12.6. The third-order valence-electron chi connectivity index (χ3n) is 4.49. The van der Waals surface area contributed by atoms with E-state index in [2.05, 4.69) is 51.3 Å². The van der Waals surface area contributed by atoms with Crippen LogP contribution in [-0.2, 0) is 6.54 Å². The molecule has 1 N–H and O–H groups in total. The summed E-state index contributed by atoms with van der Waals surface area (Å²) in [5.74, 6) is 0. The van der Waals surface area contributed by atoms with Crippen LogP contribution < -0.4 is 5.32 Å². The van der Waals surface area contributed by atoms with Crippen LogP contribution in [0.25, 0.3) is 0 Å². The molecule has 1 atom stereocenters. The Kier molecular flexibility index (Phi) is 4.93. The summed E-state index contributed by atoms with van der Waals surface area (Å²) in [6.45, 7) is 8.20. The van der Waals surface area contributed by atoms with Gasteiger partial charge in [0.1, 0.15) is 0 Å². The minimum atomic E-state index is 0. The second-order valence-electron chi connectivity index (χ2n) is 5.97. The number of hydrogen-bond donors (Lipinski definition) is 1. The molecular formula is C15H22BrClN2. The molecule has 2 heterocycles. The van der Waals surface area contributed by atoms with Crippen LogP contribution in [0.3, 0.4) is 0 Å². The maximum atomic E-state index is 3.63. The molecule has 106 valence electrons. The molecule has 2 fully saturated rings. The van der Waals surface area contributed by atoms with Gasteiger partial charge in [-0.1, -0.05) is 28.1 Å². The van der Waals surface area contributed by atoms with Gasteiger partial charge in [-0.2, -0.15) is 0 Å². The molecule has 0 aromatic heterocycles. The van der Waals surface area contributed by atoms with Crippen LogP contribution in [-0.4, -0.2) is 31.1 Å². The highest BCUT2D eigenvalue weighted by Gasteiger charge is 2.39. The smallest absolute Gasteiger partial charge is 0.0234 e. The third kappa shape index (κ3) is 3.33. The SMILES string of the molecule is Cc1ccc(CN2CCC3(CCNC3)C2)cc1Br.Cl. The quantitative estimate of drug-likeness (QED) is 0.884. The van der Waals surface area contributed by atoms with E-state index in [9.17, 15) is 0 Å². The molecule has 3 rings (SSSR count). The predicted molar refractivity (Wildman–Crippen MR) is 85.9 cm³/mol. The van der Waals surface area contributed by atoms with E-state index in [0.717, 1.165) is 6.54 Å². The van der Waals surface area contributed by atoms with Crippen molar-refractivity contribution in [3.05, 3.63) is 33.8 Å². The number of benzene rings is 1. The molecule has 1 aromatic carbocycles. The van der Waals surface area contributed by atoms with Gasteiger partial charge in [-0.15, -0.1) is 12.4 Å². The Morgan fingerprint density at radius 2 is 2.21 bits per heavy atom. The van der Waals surface area contributed by atoms with Crippen molar-refractivity contribution in [3.8, 4) is 0 Å². The standard InChI is InChI=1S/C15H21BrN2.ClH/c1-12-2-3-13(8-14(12)16)9-18-7-5-15(11-18)4-6-17-10-15;/h2-3,8,17H,4-7,9-11H2,1H3;1H. The van der Waals surface area contributed by atoms with Crippen LogP contribution in [0.5, 0.6) is 0 Å². The Labute approximate surface area is 130 Å². The van der Waals surface area contributed by atoms with Gasteiger partial charge in [0.2, 0.25) is 0 Å². The van der Waals surface area contributed by atoms with Gasteiger partial charge in [-0.3, -0.25) is 4.90 Å². The number of nitrogens with one attached hydrogen (secondary N) is 1. The van der Waals surface area contributed by atoms with E-state index in [-0.39, 0.29) is 12.4 Å². The summed E-state index contributed by atoms with van der Waals surface area (Å²) >= 11 is 3.63. The van der Waals surface area contributed by atoms with Crippen molar-refractivity contribution in [2.75, 3.05) is 26.2 Å². The average molecular weight is 346 g/mol. The summed E-state index contributed by atoms with van der Waals surface area (Å²) in [5.41, 5.74) is 3.33. The van der Waals surface area contributed by atoms with E-state index in [1.165, 1.54) is 54.6 Å². The summed E-state index contributed by atoms with van der Waals surface area (Å²) in [7, 11) is 0. The molecule has 0 amide bonds. The molecule has 4 heteroatoms. The van der Waals surface area contributed by atoms with E-state index in [1.807, 2.05) is 0 Å². The Morgan fingerprint density at radius 3 is 2.89 bits per heavy atom. The monoisotopic (exact) mass is 344 g/mol. The second-order valence-corrected chi connectivity index (χ2v) is 6.83. The Balaban J connectivity index is 0.00000133. The van der Waals surface area contributed by atoms with Crippen molar-refractivity contribution in [3.63, 3.8) is 0 Å². The lowest BCUT2D eigenvalue weighted by Gasteiger charge is -2.23. The van der Waals surface area contributed by atoms with Gasteiger partial charge in [0.05, 0.1) is 0 Å². The van der Waals surface area contributed by atoms with Crippen LogP contribution in [0.4, 0.5) is 0 Å². The molecule has 2 aliphatic rings. The van der Waals surface area contributed by atoms with E-state index in [4.69, 9.17) is 0 Å². The van der Waals surface area contributed by atoms with Gasteiger partial charge >= 0.3 is 0 Å². The molecule has 2 aliphatic heterocycles. The summed E-state index contributed by atoms with van der Waals surface area (Å²) < 4.78 is 1.23. The second kappa shape index (κ2) is 6.13. The van der Waals surface area contributed by atoms with Crippen molar-refractivity contribution in [1.82, 2.24) is 10.2 Å². The molecule has 2 saturated heterocycles. The van der Waals surface area contributed by atoms with Crippen molar-refractivity contribution in [1.29, 1.82) is 0 Å². The fourth-order valence-corrected chi connectivity index (χ4v) is 3.73. The fourth-order valence-electron chi connectivity index (χ4n) is 3.30. The number of likely N-dealkylation sites (tertiary alicyclic amines) is 1. The molecule has 0 radical (unpaired) electrons. The summed E-state index contributed by atoms with van der Waals surface area (Å²) in [6.07, 6.45) is 2.73. The van der Waals surface area contributed by atoms with Crippen LogP contribution in [0.1, 0.15) is 24.0 Å². The molecule has 2 nitrogen and oxygen atoms in total. The molecule has 1 unspecified atom stereocenters. The van der Waals surface area contributed by atoms with Crippen LogP contribution in [0.15, 0.2) is 22.7 Å². The molecule has 19 heavy (non-hydrogen) atoms. The highest BCUT2D eigenvalue weighted by molar-refractivity contribution is 9.10. The van der Waals surface area contributed by atoms with Crippen molar-refractivity contribution in [2.45, 2.75) is 26.3 Å². The summed E-state index contributed by atoms with van der Waals surface area (Å²) in [5, 5.41) is 3.52. The fraction of sp³-hybridized carbons (Fsp3) is 0.600. The maximum absolute atomic E-state index is 3.63. The third-order valence-corrected chi connectivity index (χ3v) is 5.35. The zero-order valence-corrected chi connectivity index (χ0v) is 13.8. The first-order valence-electron chi connectivity index (χ1n) is 6.85. The van der Waals surface area contributed by atoms with Crippen LogP contribution in [0, 0.1) is 12.3 Å². The van der Waals surface area contributed by atoms with E-state index < -0.39 is 0 Å². The van der Waals surface area contributed by atoms with Gasteiger partial charge in [0.15, 0.2) is 0 Å². The van der Waals surface area contributed by atoms with E-state index in [1.54, 1.807) is 0 Å². The highest BCUT2D eigenvalue weighted by atomic mass is 79.9. The molecular weight excluding hydrogens is 324 g/mol. The molecule has 1 aromatic rings. The molecule has 0 saturated carbocycles. The normalized spacial score (nSPS) is 26.8. The number of nitrogens with zero attached hydrogens (tertiary/aromatic N) is 1. The Morgan fingerprint density at radius 1 is 1.37 bits per heavy atom. The first-order chi connectivity index (χ1) is 8.67. The summed E-state index contributed by atoms with van der Waals surface area (Å²) in [6, 6.07) is 6.74. The predicted octanol–water partition coefficient (Wildman–Crippen LogP) is 3.36. The minimum absolute atomic E-state index is 0. The van der Waals surface area contributed by atoms with Gasteiger partial charge in [-0.05, 0) is 55.5 Å². The zero-order valence-electron chi connectivity index (χ0n) is 11.4. The van der Waals surface area contributed by atoms with E-state index in [0.29, 0.717) is 5.41 Å². The Bertz CT molecular complexity index is 444. The van der Waals surface area contributed by atoms with Crippen molar-refractivity contribution < 1.29 is 0 Å². The van der Waals surface area contributed by atoms with Crippen LogP contribution >= 0.6 is 28.3 Å². The Hall–Kier alpha value is -0.0900. The summed E-state index contributed by atoms with van der Waals surface area (Å²) in [4.78, 5) is 2.62. The number of hydrogen-bond acceptors (Lipinski definition) is 2. The first-order valence-corrected chi connectivity index (χ1v) is 7.64. The maximum Gasteiger partial charge on any atom is 0.0234 e. The largest absolute Gasteiger partial charge is 0.316 e. The minimum Gasteiger partial charge on any atom is -0.316 e. The number of aryl methyl sites for hydroxylation is 1. The number of rotatable bonds is 2. The average Bonchev–Trinajstić information content (AvgIpc) is 2.96. The van der Waals surface area contributed by atoms with Gasteiger partial charge < -0.3 is 5.32 Å². The van der Waals surface area contributed by atoms with Crippen molar-refractivity contribution in [2.24, 2.45) is 5.41 Å². The van der Waals surface area contributed by atoms with Crippen LogP contribution in [0.2, 0.25) is 0 Å². The number of halogens is 2. The highest BCUT2D eigenvalue weighted by Crippen LogP contribution is 2.36. The van der Waals surface area contributed by atoms with Gasteiger partial charge in [-0.25, -0.2) is 0 Å². The van der Waals surface area contributed by atoms with E-state index >= 15 is 0 Å². The van der Waals surface area contributed by atoms with Gasteiger partial charge in [0.25, 0.3) is 0 Å². The lowest BCUT2D eigenvalue weighted by molar-refractivity contribution is 0.268. The van der Waals surface area contributed by atoms with Crippen molar-refractivity contribution >= 4 is 28.3 Å². The van der Waals surface area contributed by atoms with Gasteiger partial charge in [0, 0.05) is 24.1 Å². The molecule has 1 spiro atoms.